The molecule has 0 aliphatic rings. The largest absolute Gasteiger partial charge is 0.339 e. The lowest BCUT2D eigenvalue weighted by Crippen LogP contribution is -1.96. The van der Waals surface area contributed by atoms with Crippen molar-refractivity contribution in [3.05, 3.63) is 11.7 Å². The van der Waals surface area contributed by atoms with Gasteiger partial charge in [-0.2, -0.15) is 10.2 Å². The average molecular weight is 193 g/mol. The standard InChI is InChI=1S/C10H15N3O/c1-3-4-5-9-12-10(14-13-9)6-8(2)7-11/h8H,3-6H2,1-2H3. The summed E-state index contributed by atoms with van der Waals surface area (Å²) in [6.07, 6.45) is 3.61. The summed E-state index contributed by atoms with van der Waals surface area (Å²) in [5, 5.41) is 12.5. The second kappa shape index (κ2) is 5.38. The normalized spacial score (nSPS) is 12.4. The van der Waals surface area contributed by atoms with E-state index in [1.165, 1.54) is 0 Å². The Morgan fingerprint density at radius 1 is 1.57 bits per heavy atom. The molecule has 0 aromatic carbocycles. The fourth-order valence-corrected chi connectivity index (χ4v) is 1.12. The van der Waals surface area contributed by atoms with Crippen molar-refractivity contribution in [3.8, 4) is 6.07 Å². The number of aryl methyl sites for hydroxylation is 1. The van der Waals surface area contributed by atoms with Gasteiger partial charge >= 0.3 is 0 Å². The molecular formula is C10H15N3O. The Kier molecular flexibility index (Phi) is 4.11. The molecule has 0 aliphatic heterocycles. The van der Waals surface area contributed by atoms with Crippen molar-refractivity contribution >= 4 is 0 Å². The number of hydrogen-bond donors (Lipinski definition) is 0. The Balaban J connectivity index is 2.47. The van der Waals surface area contributed by atoms with Gasteiger partial charge in [-0.3, -0.25) is 0 Å². The van der Waals surface area contributed by atoms with E-state index in [0.29, 0.717) is 12.3 Å². The van der Waals surface area contributed by atoms with Gasteiger partial charge in [0.25, 0.3) is 0 Å². The van der Waals surface area contributed by atoms with Crippen molar-refractivity contribution in [1.29, 1.82) is 5.26 Å². The van der Waals surface area contributed by atoms with Crippen LogP contribution in [0, 0.1) is 17.2 Å². The summed E-state index contributed by atoms with van der Waals surface area (Å²) < 4.78 is 5.02. The molecule has 14 heavy (non-hydrogen) atoms. The lowest BCUT2D eigenvalue weighted by Gasteiger charge is -1.93. The van der Waals surface area contributed by atoms with E-state index in [0.717, 1.165) is 25.1 Å². The fraction of sp³-hybridized carbons (Fsp3) is 0.700. The second-order valence-corrected chi connectivity index (χ2v) is 3.44. The highest BCUT2D eigenvalue weighted by Crippen LogP contribution is 2.07. The predicted octanol–water partition coefficient (Wildman–Crippen LogP) is 2.11. The first kappa shape index (κ1) is 10.7. The van der Waals surface area contributed by atoms with E-state index in [9.17, 15) is 0 Å². The van der Waals surface area contributed by atoms with Crippen LogP contribution in [0.15, 0.2) is 4.52 Å². The molecule has 1 atom stereocenters. The van der Waals surface area contributed by atoms with Crippen LogP contribution in [-0.4, -0.2) is 10.1 Å². The number of nitriles is 1. The van der Waals surface area contributed by atoms with Crippen molar-refractivity contribution in [1.82, 2.24) is 10.1 Å². The van der Waals surface area contributed by atoms with E-state index in [1.54, 1.807) is 0 Å². The van der Waals surface area contributed by atoms with Crippen LogP contribution < -0.4 is 0 Å². The molecule has 0 saturated heterocycles. The summed E-state index contributed by atoms with van der Waals surface area (Å²) >= 11 is 0. The minimum Gasteiger partial charge on any atom is -0.339 e. The fourth-order valence-electron chi connectivity index (χ4n) is 1.12. The third kappa shape index (κ3) is 3.17. The van der Waals surface area contributed by atoms with Crippen LogP contribution in [0.1, 0.15) is 38.4 Å². The number of hydrogen-bond acceptors (Lipinski definition) is 4. The van der Waals surface area contributed by atoms with Gasteiger partial charge in [-0.15, -0.1) is 0 Å². The van der Waals surface area contributed by atoms with E-state index in [4.69, 9.17) is 9.78 Å². The van der Waals surface area contributed by atoms with Crippen molar-refractivity contribution in [2.24, 2.45) is 5.92 Å². The minimum absolute atomic E-state index is 0.0607. The minimum atomic E-state index is -0.0607. The SMILES string of the molecule is CCCCc1noc(CC(C)C#N)n1. The van der Waals surface area contributed by atoms with Crippen molar-refractivity contribution in [2.75, 3.05) is 0 Å². The van der Waals surface area contributed by atoms with Gasteiger partial charge in [0.05, 0.1) is 12.0 Å². The molecular weight excluding hydrogens is 178 g/mol. The van der Waals surface area contributed by atoms with E-state index in [2.05, 4.69) is 23.1 Å². The third-order valence-corrected chi connectivity index (χ3v) is 1.97. The van der Waals surface area contributed by atoms with Gasteiger partial charge in [-0.05, 0) is 13.3 Å². The number of aromatic nitrogens is 2. The molecule has 1 aromatic heterocycles. The molecule has 4 nitrogen and oxygen atoms in total. The molecule has 1 aromatic rings. The van der Waals surface area contributed by atoms with Gasteiger partial charge in [-0.1, -0.05) is 18.5 Å². The molecule has 0 amide bonds. The Hall–Kier alpha value is -1.37. The summed E-state index contributed by atoms with van der Waals surface area (Å²) in [4.78, 5) is 4.21. The van der Waals surface area contributed by atoms with Gasteiger partial charge in [0.15, 0.2) is 5.82 Å². The van der Waals surface area contributed by atoms with Crippen LogP contribution in [0.5, 0.6) is 0 Å². The lowest BCUT2D eigenvalue weighted by atomic mass is 10.1. The molecule has 76 valence electrons. The molecule has 1 rings (SSSR count). The molecule has 1 unspecified atom stereocenters. The topological polar surface area (TPSA) is 62.7 Å². The summed E-state index contributed by atoms with van der Waals surface area (Å²) in [7, 11) is 0. The molecule has 0 bridgehead atoms. The van der Waals surface area contributed by atoms with Crippen LogP contribution in [0.3, 0.4) is 0 Å². The molecule has 0 spiro atoms. The molecule has 0 aliphatic carbocycles. The highest BCUT2D eigenvalue weighted by Gasteiger charge is 2.09. The first-order chi connectivity index (χ1) is 6.76. The Bertz CT molecular complexity index is 313. The maximum atomic E-state index is 8.60. The molecule has 4 heteroatoms. The van der Waals surface area contributed by atoms with Crippen LogP contribution in [0.4, 0.5) is 0 Å². The number of unbranched alkanes of at least 4 members (excludes halogenated alkanes) is 1. The maximum absolute atomic E-state index is 8.60. The van der Waals surface area contributed by atoms with Crippen LogP contribution in [-0.2, 0) is 12.8 Å². The highest BCUT2D eigenvalue weighted by atomic mass is 16.5. The Labute approximate surface area is 83.9 Å². The van der Waals surface area contributed by atoms with E-state index >= 15 is 0 Å². The maximum Gasteiger partial charge on any atom is 0.227 e. The summed E-state index contributed by atoms with van der Waals surface area (Å²) in [6.45, 7) is 3.97. The molecule has 1 heterocycles. The van der Waals surface area contributed by atoms with Crippen molar-refractivity contribution in [2.45, 2.75) is 39.5 Å². The monoisotopic (exact) mass is 193 g/mol. The molecule has 0 saturated carbocycles. The van der Waals surface area contributed by atoms with Crippen LogP contribution in [0.2, 0.25) is 0 Å². The quantitative estimate of drug-likeness (QED) is 0.718. The summed E-state index contributed by atoms with van der Waals surface area (Å²) in [5.74, 6) is 1.27. The predicted molar refractivity (Wildman–Crippen MR) is 51.4 cm³/mol. The Morgan fingerprint density at radius 3 is 3.00 bits per heavy atom. The van der Waals surface area contributed by atoms with Crippen molar-refractivity contribution < 1.29 is 4.52 Å². The van der Waals surface area contributed by atoms with Gasteiger partial charge in [-0.25, -0.2) is 0 Å². The molecule has 0 N–H and O–H groups in total. The first-order valence-corrected chi connectivity index (χ1v) is 4.97. The average Bonchev–Trinajstić information content (AvgIpc) is 2.62. The van der Waals surface area contributed by atoms with Gasteiger partial charge in [0.1, 0.15) is 0 Å². The zero-order valence-electron chi connectivity index (χ0n) is 8.66. The summed E-state index contributed by atoms with van der Waals surface area (Å²) in [6, 6.07) is 2.14. The van der Waals surface area contributed by atoms with E-state index < -0.39 is 0 Å². The van der Waals surface area contributed by atoms with Crippen LogP contribution >= 0.6 is 0 Å². The summed E-state index contributed by atoms with van der Waals surface area (Å²) in [5.41, 5.74) is 0. The lowest BCUT2D eigenvalue weighted by molar-refractivity contribution is 0.364. The van der Waals surface area contributed by atoms with Gasteiger partial charge < -0.3 is 4.52 Å². The van der Waals surface area contributed by atoms with E-state index in [1.807, 2.05) is 6.92 Å². The van der Waals surface area contributed by atoms with Gasteiger partial charge in [0.2, 0.25) is 5.89 Å². The number of nitrogens with zero attached hydrogens (tertiary/aromatic N) is 3. The molecule has 0 fully saturated rings. The number of rotatable bonds is 5. The first-order valence-electron chi connectivity index (χ1n) is 4.97. The third-order valence-electron chi connectivity index (χ3n) is 1.97. The molecule has 0 radical (unpaired) electrons. The van der Waals surface area contributed by atoms with E-state index in [-0.39, 0.29) is 5.92 Å². The highest BCUT2D eigenvalue weighted by molar-refractivity contribution is 4.92. The second-order valence-electron chi connectivity index (χ2n) is 3.44. The zero-order chi connectivity index (χ0) is 10.4. The van der Waals surface area contributed by atoms with Crippen molar-refractivity contribution in [3.63, 3.8) is 0 Å². The zero-order valence-corrected chi connectivity index (χ0v) is 8.66. The van der Waals surface area contributed by atoms with Gasteiger partial charge in [0, 0.05) is 12.8 Å². The Morgan fingerprint density at radius 2 is 2.36 bits per heavy atom. The smallest absolute Gasteiger partial charge is 0.227 e. The van der Waals surface area contributed by atoms with Crippen LogP contribution in [0.25, 0.3) is 0 Å².